The average Bonchev–Trinajstić information content (AvgIpc) is 2.74. The van der Waals surface area contributed by atoms with Crippen LogP contribution in [0, 0.1) is 0 Å². The van der Waals surface area contributed by atoms with E-state index in [1.807, 2.05) is 24.3 Å². The fourth-order valence-electron chi connectivity index (χ4n) is 1.34. The van der Waals surface area contributed by atoms with Gasteiger partial charge in [-0.25, -0.2) is 9.78 Å². The van der Waals surface area contributed by atoms with E-state index in [4.69, 9.17) is 4.74 Å². The number of nitrogens with one attached hydrogen (secondary N) is 1. The van der Waals surface area contributed by atoms with E-state index < -0.39 is 5.97 Å². The van der Waals surface area contributed by atoms with Crippen LogP contribution in [0.3, 0.4) is 0 Å². The number of ether oxygens (including phenoxy) is 1. The minimum absolute atomic E-state index is 0.298. The van der Waals surface area contributed by atoms with Crippen molar-refractivity contribution in [3.8, 4) is 0 Å². The first-order valence-electron chi connectivity index (χ1n) is 5.46. The van der Waals surface area contributed by atoms with Crippen molar-refractivity contribution >= 4 is 60.0 Å². The smallest absolute Gasteiger partial charge is 0.359 e. The SMILES string of the molecule is CCOC(=O)c1nc(Nc2ccc(Br)cc2)sc1Br. The number of esters is 1. The van der Waals surface area contributed by atoms with E-state index >= 15 is 0 Å². The van der Waals surface area contributed by atoms with Gasteiger partial charge >= 0.3 is 5.97 Å². The normalized spacial score (nSPS) is 10.3. The molecule has 0 saturated carbocycles. The summed E-state index contributed by atoms with van der Waals surface area (Å²) in [4.78, 5) is 15.9. The van der Waals surface area contributed by atoms with Crippen LogP contribution in [0.1, 0.15) is 17.4 Å². The predicted molar refractivity (Wildman–Crippen MR) is 83.2 cm³/mol. The Labute approximate surface area is 131 Å². The molecule has 2 rings (SSSR count). The molecule has 0 aliphatic heterocycles. The summed E-state index contributed by atoms with van der Waals surface area (Å²) in [6.45, 7) is 2.09. The molecule has 0 saturated heterocycles. The van der Waals surface area contributed by atoms with Gasteiger partial charge in [0.15, 0.2) is 10.8 Å². The largest absolute Gasteiger partial charge is 0.461 e. The van der Waals surface area contributed by atoms with Crippen LogP contribution in [0.2, 0.25) is 0 Å². The van der Waals surface area contributed by atoms with Crippen molar-refractivity contribution < 1.29 is 9.53 Å². The Morgan fingerprint density at radius 3 is 2.68 bits per heavy atom. The predicted octanol–water partition coefficient (Wildman–Crippen LogP) is 4.59. The average molecular weight is 406 g/mol. The first-order valence-corrected chi connectivity index (χ1v) is 7.86. The lowest BCUT2D eigenvalue weighted by Gasteiger charge is -2.01. The molecule has 1 heterocycles. The number of benzene rings is 1. The van der Waals surface area contributed by atoms with Gasteiger partial charge in [0.25, 0.3) is 0 Å². The highest BCUT2D eigenvalue weighted by Crippen LogP contribution is 2.31. The Bertz CT molecular complexity index is 584. The first-order chi connectivity index (χ1) is 9.10. The molecule has 0 aliphatic rings. The zero-order valence-corrected chi connectivity index (χ0v) is 13.9. The Kier molecular flexibility index (Phi) is 4.95. The van der Waals surface area contributed by atoms with Gasteiger partial charge in [-0.1, -0.05) is 27.3 Å². The van der Waals surface area contributed by atoms with Crippen LogP contribution in [0.15, 0.2) is 32.5 Å². The number of hydrogen-bond donors (Lipinski definition) is 1. The Morgan fingerprint density at radius 2 is 2.05 bits per heavy atom. The molecule has 100 valence electrons. The second-order valence-corrected chi connectivity index (χ2v) is 6.73. The van der Waals surface area contributed by atoms with Crippen molar-refractivity contribution in [1.29, 1.82) is 0 Å². The molecular formula is C12H10Br2N2O2S. The van der Waals surface area contributed by atoms with Gasteiger partial charge in [0, 0.05) is 10.2 Å². The summed E-state index contributed by atoms with van der Waals surface area (Å²) >= 11 is 8.04. The van der Waals surface area contributed by atoms with Crippen LogP contribution in [0.4, 0.5) is 10.8 Å². The third-order valence-corrected chi connectivity index (χ3v) is 4.30. The molecule has 0 fully saturated rings. The highest BCUT2D eigenvalue weighted by Gasteiger charge is 2.17. The van der Waals surface area contributed by atoms with Gasteiger partial charge in [-0.05, 0) is 47.1 Å². The highest BCUT2D eigenvalue weighted by atomic mass is 79.9. The van der Waals surface area contributed by atoms with Crippen molar-refractivity contribution in [2.45, 2.75) is 6.92 Å². The van der Waals surface area contributed by atoms with Gasteiger partial charge < -0.3 is 10.1 Å². The van der Waals surface area contributed by atoms with Gasteiger partial charge in [-0.3, -0.25) is 0 Å². The minimum atomic E-state index is -0.422. The summed E-state index contributed by atoms with van der Waals surface area (Å²) in [6, 6.07) is 7.70. The topological polar surface area (TPSA) is 51.2 Å². The number of anilines is 2. The fourth-order valence-corrected chi connectivity index (χ4v) is 3.01. The van der Waals surface area contributed by atoms with Gasteiger partial charge in [0.1, 0.15) is 3.79 Å². The third kappa shape index (κ3) is 3.77. The lowest BCUT2D eigenvalue weighted by atomic mass is 10.3. The van der Waals surface area contributed by atoms with E-state index in [0.717, 1.165) is 10.2 Å². The van der Waals surface area contributed by atoms with Crippen molar-refractivity contribution in [2.75, 3.05) is 11.9 Å². The number of hydrogen-bond acceptors (Lipinski definition) is 5. The lowest BCUT2D eigenvalue weighted by Crippen LogP contribution is -2.05. The van der Waals surface area contributed by atoms with Crippen LogP contribution < -0.4 is 5.32 Å². The highest BCUT2D eigenvalue weighted by molar-refractivity contribution is 9.11. The second-order valence-electron chi connectivity index (χ2n) is 3.49. The number of thiazole rings is 1. The Hall–Kier alpha value is -0.920. The van der Waals surface area contributed by atoms with Gasteiger partial charge in [0.2, 0.25) is 0 Å². The van der Waals surface area contributed by atoms with Gasteiger partial charge in [0.05, 0.1) is 6.61 Å². The third-order valence-electron chi connectivity index (χ3n) is 2.15. The number of nitrogens with zero attached hydrogens (tertiary/aromatic N) is 1. The molecule has 7 heteroatoms. The summed E-state index contributed by atoms with van der Waals surface area (Å²) in [6.07, 6.45) is 0. The molecule has 0 radical (unpaired) electrons. The minimum Gasteiger partial charge on any atom is -0.461 e. The number of carbonyl (C=O) groups excluding carboxylic acids is 1. The van der Waals surface area contributed by atoms with E-state index in [2.05, 4.69) is 42.2 Å². The van der Waals surface area contributed by atoms with Crippen LogP contribution in [0.25, 0.3) is 0 Å². The molecule has 1 aromatic heterocycles. The summed E-state index contributed by atoms with van der Waals surface area (Å²) in [7, 11) is 0. The summed E-state index contributed by atoms with van der Waals surface area (Å²) in [5, 5.41) is 3.77. The molecule has 1 N–H and O–H groups in total. The molecule has 0 spiro atoms. The zero-order chi connectivity index (χ0) is 13.8. The molecule has 2 aromatic rings. The van der Waals surface area contributed by atoms with E-state index in [-0.39, 0.29) is 0 Å². The quantitative estimate of drug-likeness (QED) is 0.755. The van der Waals surface area contributed by atoms with Crippen LogP contribution in [-0.2, 0) is 4.74 Å². The van der Waals surface area contributed by atoms with Crippen molar-refractivity contribution in [3.05, 3.63) is 38.2 Å². The van der Waals surface area contributed by atoms with Crippen molar-refractivity contribution in [3.63, 3.8) is 0 Å². The van der Waals surface area contributed by atoms with Gasteiger partial charge in [-0.15, -0.1) is 0 Å². The van der Waals surface area contributed by atoms with E-state index in [0.29, 0.717) is 21.2 Å². The summed E-state index contributed by atoms with van der Waals surface area (Å²) in [5.74, 6) is -0.422. The zero-order valence-electron chi connectivity index (χ0n) is 9.94. The summed E-state index contributed by atoms with van der Waals surface area (Å²) in [5.41, 5.74) is 1.20. The lowest BCUT2D eigenvalue weighted by molar-refractivity contribution is 0.0519. The van der Waals surface area contributed by atoms with Crippen molar-refractivity contribution in [2.24, 2.45) is 0 Å². The molecular weight excluding hydrogens is 396 g/mol. The number of rotatable bonds is 4. The fraction of sp³-hybridized carbons (Fsp3) is 0.167. The van der Waals surface area contributed by atoms with E-state index in [1.165, 1.54) is 11.3 Å². The monoisotopic (exact) mass is 404 g/mol. The molecule has 0 amide bonds. The van der Waals surface area contributed by atoms with Gasteiger partial charge in [-0.2, -0.15) is 0 Å². The van der Waals surface area contributed by atoms with Crippen LogP contribution in [0.5, 0.6) is 0 Å². The second kappa shape index (κ2) is 6.49. The molecule has 0 aliphatic carbocycles. The Morgan fingerprint density at radius 1 is 1.37 bits per heavy atom. The number of halogens is 2. The van der Waals surface area contributed by atoms with Crippen LogP contribution in [-0.4, -0.2) is 17.6 Å². The number of carbonyl (C=O) groups is 1. The molecule has 0 unspecified atom stereocenters. The maximum Gasteiger partial charge on any atom is 0.359 e. The van der Waals surface area contributed by atoms with Crippen molar-refractivity contribution in [1.82, 2.24) is 4.98 Å². The standard InChI is InChI=1S/C12H10Br2N2O2S/c1-2-18-11(17)9-10(14)19-12(16-9)15-8-5-3-7(13)4-6-8/h3-6H,2H2,1H3,(H,15,16). The maximum atomic E-state index is 11.6. The number of aromatic nitrogens is 1. The maximum absolute atomic E-state index is 11.6. The molecule has 0 atom stereocenters. The van der Waals surface area contributed by atoms with E-state index in [1.54, 1.807) is 6.92 Å². The van der Waals surface area contributed by atoms with E-state index in [9.17, 15) is 4.79 Å². The first kappa shape index (κ1) is 14.5. The summed E-state index contributed by atoms with van der Waals surface area (Å²) < 4.78 is 6.59. The molecule has 19 heavy (non-hydrogen) atoms. The molecule has 0 bridgehead atoms. The molecule has 4 nitrogen and oxygen atoms in total. The molecule has 1 aromatic carbocycles. The Balaban J connectivity index is 2.16. The van der Waals surface area contributed by atoms with Crippen LogP contribution >= 0.6 is 43.2 Å².